The molecule has 0 spiro atoms. The van der Waals surface area contributed by atoms with Gasteiger partial charge in [0.05, 0.1) is 12.6 Å². The number of hydrogen-bond donors (Lipinski definition) is 2. The van der Waals surface area contributed by atoms with Gasteiger partial charge in [0.15, 0.2) is 0 Å². The molecule has 0 saturated heterocycles. The predicted octanol–water partition coefficient (Wildman–Crippen LogP) is 3.60. The summed E-state index contributed by atoms with van der Waals surface area (Å²) >= 11 is 1.70. The van der Waals surface area contributed by atoms with Crippen molar-refractivity contribution in [3.8, 4) is 0 Å². The smallest absolute Gasteiger partial charge is 0.243 e. The summed E-state index contributed by atoms with van der Waals surface area (Å²) in [5.74, 6) is -0.395. The number of nitrogens with one attached hydrogen (secondary N) is 2. The first-order valence-corrected chi connectivity index (χ1v) is 10.5. The Morgan fingerprint density at radius 3 is 2.25 bits per heavy atom. The Balaban J connectivity index is 1.84. The molecule has 2 N–H and O–H groups in total. The van der Waals surface area contributed by atoms with E-state index in [0.717, 1.165) is 22.4 Å². The van der Waals surface area contributed by atoms with Crippen molar-refractivity contribution in [3.63, 3.8) is 0 Å². The first-order valence-electron chi connectivity index (χ1n) is 9.28. The molecule has 0 fully saturated rings. The quantitative estimate of drug-likeness (QED) is 0.666. The molecule has 2 aromatic rings. The lowest BCUT2D eigenvalue weighted by Crippen LogP contribution is -2.45. The van der Waals surface area contributed by atoms with E-state index in [1.165, 1.54) is 4.90 Å². The van der Waals surface area contributed by atoms with Gasteiger partial charge in [0, 0.05) is 17.1 Å². The van der Waals surface area contributed by atoms with Crippen LogP contribution in [0.25, 0.3) is 0 Å². The fourth-order valence-corrected chi connectivity index (χ4v) is 3.27. The average molecular weight is 400 g/mol. The van der Waals surface area contributed by atoms with E-state index < -0.39 is 0 Å². The lowest BCUT2D eigenvalue weighted by Gasteiger charge is -2.24. The van der Waals surface area contributed by atoms with Gasteiger partial charge in [0.25, 0.3) is 0 Å². The van der Waals surface area contributed by atoms with Crippen molar-refractivity contribution in [2.24, 2.45) is 0 Å². The van der Waals surface area contributed by atoms with Crippen LogP contribution in [-0.4, -0.2) is 42.6 Å². The summed E-state index contributed by atoms with van der Waals surface area (Å²) in [6, 6.07) is 13.8. The van der Waals surface area contributed by atoms with Crippen LogP contribution < -0.4 is 10.6 Å². The molecule has 28 heavy (non-hydrogen) atoms. The molecule has 0 aliphatic rings. The molecular weight excluding hydrogens is 370 g/mol. The lowest BCUT2D eigenvalue weighted by molar-refractivity contribution is -0.127. The number of carbonyl (C=O) groups is 2. The Kier molecular flexibility index (Phi) is 8.08. The minimum Gasteiger partial charge on any atom is -0.346 e. The van der Waals surface area contributed by atoms with E-state index in [4.69, 9.17) is 0 Å². The number of para-hydroxylation sites is 1. The number of aryl methyl sites for hydroxylation is 2. The molecule has 2 amide bonds. The summed E-state index contributed by atoms with van der Waals surface area (Å²) in [4.78, 5) is 27.8. The summed E-state index contributed by atoms with van der Waals surface area (Å²) in [7, 11) is 1.91. The zero-order valence-corrected chi connectivity index (χ0v) is 18.0. The van der Waals surface area contributed by atoms with Crippen LogP contribution in [0.4, 0.5) is 5.69 Å². The second-order valence-electron chi connectivity index (χ2n) is 6.97. The van der Waals surface area contributed by atoms with Gasteiger partial charge in [-0.3, -0.25) is 14.5 Å². The minimum atomic E-state index is -0.340. The third kappa shape index (κ3) is 6.11. The molecule has 6 heteroatoms. The number of carbonyl (C=O) groups excluding carboxylic acids is 2. The van der Waals surface area contributed by atoms with E-state index in [-0.39, 0.29) is 24.4 Å². The second-order valence-corrected chi connectivity index (χ2v) is 7.85. The van der Waals surface area contributed by atoms with Gasteiger partial charge in [-0.05, 0) is 62.9 Å². The van der Waals surface area contributed by atoms with E-state index in [0.29, 0.717) is 6.54 Å². The normalized spacial score (nSPS) is 11.9. The third-order valence-electron chi connectivity index (χ3n) is 4.80. The minimum absolute atomic E-state index is 0.0484. The van der Waals surface area contributed by atoms with Gasteiger partial charge in [-0.1, -0.05) is 30.3 Å². The summed E-state index contributed by atoms with van der Waals surface area (Å²) < 4.78 is 0. The van der Waals surface area contributed by atoms with Gasteiger partial charge in [-0.2, -0.15) is 0 Å². The SMILES string of the molecule is CSc1ccc(CN(C)C(C)C(=O)NCC(=O)Nc2c(C)cccc2C)cc1. The zero-order valence-electron chi connectivity index (χ0n) is 17.2. The number of anilines is 1. The highest BCUT2D eigenvalue weighted by Gasteiger charge is 2.19. The summed E-state index contributed by atoms with van der Waals surface area (Å²) in [6.45, 7) is 6.36. The van der Waals surface area contributed by atoms with Crippen LogP contribution in [0.15, 0.2) is 47.4 Å². The zero-order chi connectivity index (χ0) is 20.7. The molecular formula is C22H29N3O2S. The fourth-order valence-electron chi connectivity index (χ4n) is 2.87. The first kappa shape index (κ1) is 22.0. The van der Waals surface area contributed by atoms with E-state index in [1.807, 2.05) is 57.2 Å². The monoisotopic (exact) mass is 399 g/mol. The lowest BCUT2D eigenvalue weighted by atomic mass is 10.1. The van der Waals surface area contributed by atoms with Crippen molar-refractivity contribution in [1.82, 2.24) is 10.2 Å². The average Bonchev–Trinajstić information content (AvgIpc) is 2.69. The number of nitrogens with zero attached hydrogens (tertiary/aromatic N) is 1. The van der Waals surface area contributed by atoms with Crippen LogP contribution in [0.3, 0.4) is 0 Å². The van der Waals surface area contributed by atoms with E-state index in [1.54, 1.807) is 11.8 Å². The Morgan fingerprint density at radius 2 is 1.68 bits per heavy atom. The van der Waals surface area contributed by atoms with Gasteiger partial charge in [-0.25, -0.2) is 0 Å². The van der Waals surface area contributed by atoms with Crippen molar-refractivity contribution in [2.45, 2.75) is 38.3 Å². The van der Waals surface area contributed by atoms with Crippen LogP contribution in [-0.2, 0) is 16.1 Å². The standard InChI is InChI=1S/C22H29N3O2S/c1-15-7-6-8-16(2)21(15)24-20(26)13-23-22(27)17(3)25(4)14-18-9-11-19(28-5)12-10-18/h6-12,17H,13-14H2,1-5H3,(H,23,27)(H,24,26). The molecule has 5 nitrogen and oxygen atoms in total. The summed E-state index contributed by atoms with van der Waals surface area (Å²) in [5, 5.41) is 5.61. The van der Waals surface area contributed by atoms with Crippen LogP contribution in [0.5, 0.6) is 0 Å². The van der Waals surface area contributed by atoms with Crippen molar-refractivity contribution < 1.29 is 9.59 Å². The van der Waals surface area contributed by atoms with Crippen molar-refractivity contribution in [3.05, 3.63) is 59.2 Å². The van der Waals surface area contributed by atoms with Crippen molar-refractivity contribution in [2.75, 3.05) is 25.2 Å². The molecule has 0 heterocycles. The van der Waals surface area contributed by atoms with Crippen LogP contribution in [0.1, 0.15) is 23.6 Å². The Morgan fingerprint density at radius 1 is 1.07 bits per heavy atom. The number of hydrogen-bond acceptors (Lipinski definition) is 4. The van der Waals surface area contributed by atoms with Crippen LogP contribution in [0, 0.1) is 13.8 Å². The highest BCUT2D eigenvalue weighted by molar-refractivity contribution is 7.98. The topological polar surface area (TPSA) is 61.4 Å². The summed E-state index contributed by atoms with van der Waals surface area (Å²) in [6.07, 6.45) is 2.05. The van der Waals surface area contributed by atoms with E-state index >= 15 is 0 Å². The number of amides is 2. The molecule has 150 valence electrons. The number of benzene rings is 2. The molecule has 0 aliphatic heterocycles. The molecule has 1 unspecified atom stereocenters. The van der Waals surface area contributed by atoms with Crippen LogP contribution in [0.2, 0.25) is 0 Å². The third-order valence-corrected chi connectivity index (χ3v) is 5.54. The molecule has 0 bridgehead atoms. The number of rotatable bonds is 8. The molecule has 2 aromatic carbocycles. The summed E-state index contributed by atoms with van der Waals surface area (Å²) in [5.41, 5.74) is 3.95. The molecule has 0 saturated carbocycles. The molecule has 0 aliphatic carbocycles. The largest absolute Gasteiger partial charge is 0.346 e. The van der Waals surface area contributed by atoms with Gasteiger partial charge >= 0.3 is 0 Å². The Bertz CT molecular complexity index is 801. The number of thioether (sulfide) groups is 1. The Hall–Kier alpha value is -2.31. The maximum absolute atomic E-state index is 12.4. The molecule has 2 rings (SSSR count). The maximum Gasteiger partial charge on any atom is 0.243 e. The van der Waals surface area contributed by atoms with Gasteiger partial charge in [0.1, 0.15) is 0 Å². The van der Waals surface area contributed by atoms with Crippen molar-refractivity contribution in [1.29, 1.82) is 0 Å². The van der Waals surface area contributed by atoms with Gasteiger partial charge in [0.2, 0.25) is 11.8 Å². The van der Waals surface area contributed by atoms with Gasteiger partial charge < -0.3 is 10.6 Å². The second kappa shape index (κ2) is 10.3. The fraction of sp³-hybridized carbons (Fsp3) is 0.364. The Labute approximate surface area is 171 Å². The maximum atomic E-state index is 12.4. The van der Waals surface area contributed by atoms with Crippen LogP contribution >= 0.6 is 11.8 Å². The highest BCUT2D eigenvalue weighted by Crippen LogP contribution is 2.19. The predicted molar refractivity (Wildman–Crippen MR) is 117 cm³/mol. The molecule has 0 aromatic heterocycles. The van der Waals surface area contributed by atoms with Crippen molar-refractivity contribution >= 4 is 29.3 Å². The van der Waals surface area contributed by atoms with E-state index in [9.17, 15) is 9.59 Å². The van der Waals surface area contributed by atoms with E-state index in [2.05, 4.69) is 34.9 Å². The molecule has 0 radical (unpaired) electrons. The first-order chi connectivity index (χ1) is 13.3. The number of likely N-dealkylation sites (N-methyl/N-ethyl adjacent to an activating group) is 1. The highest BCUT2D eigenvalue weighted by atomic mass is 32.2. The van der Waals surface area contributed by atoms with Gasteiger partial charge in [-0.15, -0.1) is 11.8 Å². The molecule has 1 atom stereocenters.